The summed E-state index contributed by atoms with van der Waals surface area (Å²) in [5, 5.41) is 12.2. The van der Waals surface area contributed by atoms with E-state index in [-0.39, 0.29) is 5.82 Å². The van der Waals surface area contributed by atoms with E-state index in [2.05, 4.69) is 5.16 Å². The van der Waals surface area contributed by atoms with E-state index >= 15 is 0 Å². The van der Waals surface area contributed by atoms with Crippen molar-refractivity contribution in [2.24, 2.45) is 5.16 Å². The summed E-state index contributed by atoms with van der Waals surface area (Å²) >= 11 is 5.73. The molecule has 74 valence electrons. The van der Waals surface area contributed by atoms with E-state index in [1.807, 2.05) is 0 Å². The van der Waals surface area contributed by atoms with Crippen molar-refractivity contribution in [3.8, 4) is 0 Å². The predicted octanol–water partition coefficient (Wildman–Crippen LogP) is 2.99. The van der Waals surface area contributed by atoms with Crippen molar-refractivity contribution in [3.05, 3.63) is 34.1 Å². The summed E-state index contributed by atoms with van der Waals surface area (Å²) in [6.07, 6.45) is 2.16. The Balaban J connectivity index is 2.62. The van der Waals surface area contributed by atoms with Gasteiger partial charge in [0.05, 0.1) is 5.71 Å². The third-order valence-corrected chi connectivity index (χ3v) is 2.65. The number of fused-ring (bicyclic) bond motifs is 1. The molecule has 1 aromatic rings. The Labute approximate surface area is 86.0 Å². The van der Waals surface area contributed by atoms with Gasteiger partial charge < -0.3 is 5.21 Å². The number of hydrogen-bond donors (Lipinski definition) is 1. The van der Waals surface area contributed by atoms with Crippen LogP contribution in [0.4, 0.5) is 4.39 Å². The summed E-state index contributed by atoms with van der Waals surface area (Å²) in [6, 6.07) is 2.94. The third kappa shape index (κ3) is 1.48. The molecular formula is C10H9ClFNO. The molecule has 0 aromatic heterocycles. The fourth-order valence-corrected chi connectivity index (χ4v) is 1.99. The van der Waals surface area contributed by atoms with Crippen LogP contribution in [0, 0.1) is 5.82 Å². The van der Waals surface area contributed by atoms with E-state index in [1.165, 1.54) is 6.07 Å². The van der Waals surface area contributed by atoms with E-state index in [0.29, 0.717) is 34.7 Å². The molecule has 1 N–H and O–H groups in total. The molecule has 0 atom stereocenters. The van der Waals surface area contributed by atoms with Crippen LogP contribution in [0.15, 0.2) is 17.3 Å². The second kappa shape index (κ2) is 3.58. The summed E-state index contributed by atoms with van der Waals surface area (Å²) in [5.74, 6) is -0.312. The SMILES string of the molecule is ON=C1CCCc2c(F)cc(Cl)cc21. The molecule has 0 spiro atoms. The van der Waals surface area contributed by atoms with Crippen LogP contribution in [-0.2, 0) is 6.42 Å². The average molecular weight is 214 g/mol. The van der Waals surface area contributed by atoms with Crippen LogP contribution in [0.3, 0.4) is 0 Å². The molecule has 0 saturated heterocycles. The highest BCUT2D eigenvalue weighted by atomic mass is 35.5. The van der Waals surface area contributed by atoms with Crippen molar-refractivity contribution in [2.75, 3.05) is 0 Å². The summed E-state index contributed by atoms with van der Waals surface area (Å²) < 4.78 is 13.4. The van der Waals surface area contributed by atoms with Crippen LogP contribution in [0.25, 0.3) is 0 Å². The molecule has 0 amide bonds. The maximum Gasteiger partial charge on any atom is 0.128 e. The third-order valence-electron chi connectivity index (χ3n) is 2.43. The zero-order valence-corrected chi connectivity index (χ0v) is 8.18. The Hall–Kier alpha value is -1.09. The van der Waals surface area contributed by atoms with Crippen LogP contribution in [-0.4, -0.2) is 10.9 Å². The van der Waals surface area contributed by atoms with Crippen LogP contribution >= 0.6 is 11.6 Å². The normalized spacial score (nSPS) is 18.3. The Morgan fingerprint density at radius 1 is 1.36 bits per heavy atom. The van der Waals surface area contributed by atoms with Gasteiger partial charge in [-0.25, -0.2) is 4.39 Å². The van der Waals surface area contributed by atoms with Gasteiger partial charge in [-0.15, -0.1) is 0 Å². The molecule has 2 rings (SSSR count). The molecular weight excluding hydrogens is 205 g/mol. The minimum absolute atomic E-state index is 0.312. The zero-order chi connectivity index (χ0) is 10.1. The van der Waals surface area contributed by atoms with Crippen molar-refractivity contribution in [3.63, 3.8) is 0 Å². The zero-order valence-electron chi connectivity index (χ0n) is 7.43. The van der Waals surface area contributed by atoms with Crippen molar-refractivity contribution in [2.45, 2.75) is 19.3 Å². The van der Waals surface area contributed by atoms with Gasteiger partial charge in [-0.2, -0.15) is 0 Å². The van der Waals surface area contributed by atoms with Crippen molar-refractivity contribution < 1.29 is 9.60 Å². The Morgan fingerprint density at radius 2 is 2.14 bits per heavy atom. The number of benzene rings is 1. The summed E-state index contributed by atoms with van der Waals surface area (Å²) in [5.41, 5.74) is 1.77. The number of halogens is 2. The second-order valence-corrected chi connectivity index (χ2v) is 3.75. The molecule has 1 aromatic carbocycles. The van der Waals surface area contributed by atoms with E-state index < -0.39 is 0 Å². The molecule has 0 fully saturated rings. The highest BCUT2D eigenvalue weighted by molar-refractivity contribution is 6.31. The Kier molecular flexibility index (Phi) is 2.42. The van der Waals surface area contributed by atoms with Gasteiger partial charge in [-0.3, -0.25) is 0 Å². The van der Waals surface area contributed by atoms with Crippen LogP contribution in [0.2, 0.25) is 5.02 Å². The summed E-state index contributed by atoms with van der Waals surface area (Å²) in [4.78, 5) is 0. The van der Waals surface area contributed by atoms with Crippen molar-refractivity contribution in [1.29, 1.82) is 0 Å². The average Bonchev–Trinajstić information content (AvgIpc) is 2.17. The fourth-order valence-electron chi connectivity index (χ4n) is 1.79. The maximum absolute atomic E-state index is 13.4. The highest BCUT2D eigenvalue weighted by Crippen LogP contribution is 2.27. The molecule has 1 aliphatic rings. The number of oxime groups is 1. The molecule has 2 nitrogen and oxygen atoms in total. The molecule has 0 radical (unpaired) electrons. The fraction of sp³-hybridized carbons (Fsp3) is 0.300. The van der Waals surface area contributed by atoms with Gasteiger partial charge in [-0.05, 0) is 37.0 Å². The summed E-state index contributed by atoms with van der Waals surface area (Å²) in [6.45, 7) is 0. The standard InChI is InChI=1S/C10H9ClFNO/c11-6-4-8-7(9(12)5-6)2-1-3-10(8)13-14/h4-5,14H,1-3H2. The first-order valence-electron chi connectivity index (χ1n) is 4.41. The first-order chi connectivity index (χ1) is 6.72. The van der Waals surface area contributed by atoms with E-state index in [4.69, 9.17) is 16.8 Å². The van der Waals surface area contributed by atoms with Gasteiger partial charge in [0.2, 0.25) is 0 Å². The molecule has 14 heavy (non-hydrogen) atoms. The maximum atomic E-state index is 13.4. The molecule has 0 heterocycles. The highest BCUT2D eigenvalue weighted by Gasteiger charge is 2.19. The van der Waals surface area contributed by atoms with Crippen molar-refractivity contribution >= 4 is 17.3 Å². The number of nitrogens with zero attached hydrogens (tertiary/aromatic N) is 1. The molecule has 0 aliphatic heterocycles. The molecule has 1 aliphatic carbocycles. The predicted molar refractivity (Wildman–Crippen MR) is 52.7 cm³/mol. The molecule has 0 saturated carbocycles. The van der Waals surface area contributed by atoms with Crippen LogP contribution < -0.4 is 0 Å². The van der Waals surface area contributed by atoms with E-state index in [9.17, 15) is 4.39 Å². The molecule has 4 heteroatoms. The number of rotatable bonds is 0. The largest absolute Gasteiger partial charge is 0.411 e. The van der Waals surface area contributed by atoms with Crippen LogP contribution in [0.5, 0.6) is 0 Å². The quantitative estimate of drug-likeness (QED) is 0.522. The second-order valence-electron chi connectivity index (χ2n) is 3.31. The minimum Gasteiger partial charge on any atom is -0.411 e. The van der Waals surface area contributed by atoms with E-state index in [1.54, 1.807) is 6.07 Å². The monoisotopic (exact) mass is 213 g/mol. The lowest BCUT2D eigenvalue weighted by molar-refractivity contribution is 0.317. The number of hydrogen-bond acceptors (Lipinski definition) is 2. The van der Waals surface area contributed by atoms with E-state index in [0.717, 1.165) is 6.42 Å². The Bertz CT molecular complexity index is 403. The minimum atomic E-state index is -0.312. The summed E-state index contributed by atoms with van der Waals surface area (Å²) in [7, 11) is 0. The molecule has 0 bridgehead atoms. The lowest BCUT2D eigenvalue weighted by Gasteiger charge is -2.17. The first kappa shape index (κ1) is 9.46. The van der Waals surface area contributed by atoms with Gasteiger partial charge in [-0.1, -0.05) is 16.8 Å². The molecule has 0 unspecified atom stereocenters. The van der Waals surface area contributed by atoms with Gasteiger partial charge in [0, 0.05) is 10.6 Å². The lowest BCUT2D eigenvalue weighted by Crippen LogP contribution is -2.13. The van der Waals surface area contributed by atoms with Crippen molar-refractivity contribution in [1.82, 2.24) is 0 Å². The van der Waals surface area contributed by atoms with Crippen LogP contribution in [0.1, 0.15) is 24.0 Å². The first-order valence-corrected chi connectivity index (χ1v) is 4.79. The van der Waals surface area contributed by atoms with Gasteiger partial charge in [0.15, 0.2) is 0 Å². The topological polar surface area (TPSA) is 32.6 Å². The Morgan fingerprint density at radius 3 is 2.86 bits per heavy atom. The smallest absolute Gasteiger partial charge is 0.128 e. The van der Waals surface area contributed by atoms with Gasteiger partial charge in [0.25, 0.3) is 0 Å². The van der Waals surface area contributed by atoms with Gasteiger partial charge in [0.1, 0.15) is 5.82 Å². The lowest BCUT2D eigenvalue weighted by atomic mass is 9.90. The van der Waals surface area contributed by atoms with Gasteiger partial charge >= 0.3 is 0 Å².